The van der Waals surface area contributed by atoms with Gasteiger partial charge in [-0.05, 0) is 61.9 Å². The summed E-state index contributed by atoms with van der Waals surface area (Å²) in [6.07, 6.45) is 0. The summed E-state index contributed by atoms with van der Waals surface area (Å²) in [5.74, 6) is 0.659. The minimum atomic E-state index is -0.119. The van der Waals surface area contributed by atoms with Gasteiger partial charge in [-0.3, -0.25) is 4.79 Å². The van der Waals surface area contributed by atoms with E-state index in [0.29, 0.717) is 5.56 Å². The minimum Gasteiger partial charge on any atom is -0.497 e. The number of anilines is 2. The molecule has 0 bridgehead atoms. The van der Waals surface area contributed by atoms with Gasteiger partial charge in [0.05, 0.1) is 7.11 Å². The van der Waals surface area contributed by atoms with Crippen molar-refractivity contribution in [2.24, 2.45) is 0 Å². The zero-order chi connectivity index (χ0) is 15.2. The van der Waals surface area contributed by atoms with Gasteiger partial charge < -0.3 is 15.4 Å². The normalized spacial score (nSPS) is 10.0. The molecule has 2 rings (SSSR count). The second kappa shape index (κ2) is 6.79. The molecule has 2 aromatic carbocycles. The van der Waals surface area contributed by atoms with E-state index in [9.17, 15) is 4.79 Å². The molecule has 0 fully saturated rings. The molecule has 0 aliphatic carbocycles. The van der Waals surface area contributed by atoms with Crippen LogP contribution in [0.5, 0.6) is 5.75 Å². The maximum absolute atomic E-state index is 12.2. The maximum atomic E-state index is 12.2. The van der Waals surface area contributed by atoms with Gasteiger partial charge in [-0.15, -0.1) is 0 Å². The number of amides is 1. The molecule has 0 atom stereocenters. The number of rotatable bonds is 5. The smallest absolute Gasteiger partial charge is 0.255 e. The second-order valence-corrected chi connectivity index (χ2v) is 4.74. The van der Waals surface area contributed by atoms with Crippen LogP contribution in [0.2, 0.25) is 0 Å². The standard InChI is InChI=1S/C17H20N2O2/c1-4-18-14-7-5-13(6-8-14)17(20)19-16-10-9-15(21-3)11-12(16)2/h5-11,18H,4H2,1-3H3,(H,19,20). The number of ether oxygens (including phenoxy) is 1. The van der Waals surface area contributed by atoms with Crippen LogP contribution in [0.1, 0.15) is 22.8 Å². The third-order valence-electron chi connectivity index (χ3n) is 3.21. The number of carbonyl (C=O) groups is 1. The number of aryl methyl sites for hydroxylation is 1. The third-order valence-corrected chi connectivity index (χ3v) is 3.21. The van der Waals surface area contributed by atoms with Gasteiger partial charge in [0.15, 0.2) is 0 Å². The number of nitrogens with one attached hydrogen (secondary N) is 2. The Morgan fingerprint density at radius 2 is 1.86 bits per heavy atom. The van der Waals surface area contributed by atoms with E-state index in [0.717, 1.165) is 29.2 Å². The van der Waals surface area contributed by atoms with Gasteiger partial charge in [0, 0.05) is 23.5 Å². The summed E-state index contributed by atoms with van der Waals surface area (Å²) in [6, 6.07) is 13.0. The van der Waals surface area contributed by atoms with Gasteiger partial charge in [0.2, 0.25) is 0 Å². The lowest BCUT2D eigenvalue weighted by atomic mass is 10.1. The number of hydrogen-bond acceptors (Lipinski definition) is 3. The fourth-order valence-corrected chi connectivity index (χ4v) is 2.04. The molecule has 0 radical (unpaired) electrons. The Kier molecular flexibility index (Phi) is 4.82. The predicted octanol–water partition coefficient (Wildman–Crippen LogP) is 3.69. The molecule has 4 nitrogen and oxygen atoms in total. The van der Waals surface area contributed by atoms with E-state index in [1.165, 1.54) is 0 Å². The van der Waals surface area contributed by atoms with Crippen LogP contribution < -0.4 is 15.4 Å². The fraction of sp³-hybridized carbons (Fsp3) is 0.235. The van der Waals surface area contributed by atoms with Crippen LogP contribution in [0.4, 0.5) is 11.4 Å². The Bertz CT molecular complexity index is 621. The van der Waals surface area contributed by atoms with Crippen molar-refractivity contribution in [3.8, 4) is 5.75 Å². The van der Waals surface area contributed by atoms with Crippen LogP contribution in [-0.4, -0.2) is 19.6 Å². The zero-order valence-electron chi connectivity index (χ0n) is 12.6. The lowest BCUT2D eigenvalue weighted by molar-refractivity contribution is 0.102. The summed E-state index contributed by atoms with van der Waals surface area (Å²) in [7, 11) is 1.62. The molecule has 1 amide bonds. The van der Waals surface area contributed by atoms with Gasteiger partial charge in [0.25, 0.3) is 5.91 Å². The first-order valence-corrected chi connectivity index (χ1v) is 6.94. The van der Waals surface area contributed by atoms with Crippen molar-refractivity contribution < 1.29 is 9.53 Å². The van der Waals surface area contributed by atoms with E-state index >= 15 is 0 Å². The Morgan fingerprint density at radius 3 is 2.43 bits per heavy atom. The molecule has 0 saturated heterocycles. The number of hydrogen-bond donors (Lipinski definition) is 2. The lowest BCUT2D eigenvalue weighted by Crippen LogP contribution is -2.12. The van der Waals surface area contributed by atoms with Gasteiger partial charge in [-0.25, -0.2) is 0 Å². The average molecular weight is 284 g/mol. The molecule has 0 aliphatic heterocycles. The van der Waals surface area contributed by atoms with Gasteiger partial charge in [0.1, 0.15) is 5.75 Å². The molecule has 2 aromatic rings. The Morgan fingerprint density at radius 1 is 1.14 bits per heavy atom. The average Bonchev–Trinajstić information content (AvgIpc) is 2.50. The molecular formula is C17H20N2O2. The molecule has 21 heavy (non-hydrogen) atoms. The highest BCUT2D eigenvalue weighted by Gasteiger charge is 2.08. The van der Waals surface area contributed by atoms with Crippen LogP contribution in [0.15, 0.2) is 42.5 Å². The number of carbonyl (C=O) groups excluding carboxylic acids is 1. The van der Waals surface area contributed by atoms with E-state index < -0.39 is 0 Å². The molecule has 0 aliphatic rings. The number of methoxy groups -OCH3 is 1. The summed E-state index contributed by atoms with van der Waals surface area (Å²) in [5.41, 5.74) is 3.39. The van der Waals surface area contributed by atoms with Crippen molar-refractivity contribution in [1.82, 2.24) is 0 Å². The van der Waals surface area contributed by atoms with E-state index in [-0.39, 0.29) is 5.91 Å². The molecule has 4 heteroatoms. The van der Waals surface area contributed by atoms with Crippen molar-refractivity contribution in [3.05, 3.63) is 53.6 Å². The van der Waals surface area contributed by atoms with Crippen molar-refractivity contribution in [1.29, 1.82) is 0 Å². The number of benzene rings is 2. The Hall–Kier alpha value is -2.49. The van der Waals surface area contributed by atoms with Gasteiger partial charge >= 0.3 is 0 Å². The monoisotopic (exact) mass is 284 g/mol. The highest BCUT2D eigenvalue weighted by atomic mass is 16.5. The molecule has 0 heterocycles. The summed E-state index contributed by atoms with van der Waals surface area (Å²) in [4.78, 5) is 12.2. The summed E-state index contributed by atoms with van der Waals surface area (Å²) < 4.78 is 5.16. The second-order valence-electron chi connectivity index (χ2n) is 4.74. The van der Waals surface area contributed by atoms with Crippen LogP contribution in [0.25, 0.3) is 0 Å². The zero-order valence-corrected chi connectivity index (χ0v) is 12.6. The topological polar surface area (TPSA) is 50.4 Å². The maximum Gasteiger partial charge on any atom is 0.255 e. The van der Waals surface area contributed by atoms with Crippen LogP contribution in [0.3, 0.4) is 0 Å². The highest BCUT2D eigenvalue weighted by molar-refractivity contribution is 6.04. The summed E-state index contributed by atoms with van der Waals surface area (Å²) in [6.45, 7) is 4.83. The first-order valence-electron chi connectivity index (χ1n) is 6.94. The third kappa shape index (κ3) is 3.75. The van der Waals surface area contributed by atoms with Gasteiger partial charge in [-0.1, -0.05) is 0 Å². The molecule has 2 N–H and O–H groups in total. The first-order chi connectivity index (χ1) is 10.1. The summed E-state index contributed by atoms with van der Waals surface area (Å²) in [5, 5.41) is 6.11. The molecule has 0 spiro atoms. The highest BCUT2D eigenvalue weighted by Crippen LogP contribution is 2.21. The molecule has 0 aromatic heterocycles. The SMILES string of the molecule is CCNc1ccc(C(=O)Nc2ccc(OC)cc2C)cc1. The van der Waals surface area contributed by atoms with E-state index in [1.54, 1.807) is 7.11 Å². The van der Waals surface area contributed by atoms with Crippen molar-refractivity contribution in [2.75, 3.05) is 24.3 Å². The van der Waals surface area contributed by atoms with Crippen molar-refractivity contribution >= 4 is 17.3 Å². The quantitative estimate of drug-likeness (QED) is 0.880. The van der Waals surface area contributed by atoms with E-state index in [2.05, 4.69) is 10.6 Å². The molecular weight excluding hydrogens is 264 g/mol. The fourth-order valence-electron chi connectivity index (χ4n) is 2.04. The predicted molar refractivity (Wildman–Crippen MR) is 86.3 cm³/mol. The van der Waals surface area contributed by atoms with Crippen LogP contribution in [0, 0.1) is 6.92 Å². The molecule has 0 saturated carbocycles. The van der Waals surface area contributed by atoms with E-state index in [1.807, 2.05) is 56.3 Å². The van der Waals surface area contributed by atoms with Crippen LogP contribution in [-0.2, 0) is 0 Å². The molecule has 0 unspecified atom stereocenters. The van der Waals surface area contributed by atoms with E-state index in [4.69, 9.17) is 4.74 Å². The summed E-state index contributed by atoms with van der Waals surface area (Å²) >= 11 is 0. The Balaban J connectivity index is 2.10. The van der Waals surface area contributed by atoms with Gasteiger partial charge in [-0.2, -0.15) is 0 Å². The Labute approximate surface area is 125 Å². The lowest BCUT2D eigenvalue weighted by Gasteiger charge is -2.10. The largest absolute Gasteiger partial charge is 0.497 e. The minimum absolute atomic E-state index is 0.119. The van der Waals surface area contributed by atoms with Crippen LogP contribution >= 0.6 is 0 Å². The molecule has 110 valence electrons. The van der Waals surface area contributed by atoms with Crippen molar-refractivity contribution in [2.45, 2.75) is 13.8 Å². The van der Waals surface area contributed by atoms with Crippen molar-refractivity contribution in [3.63, 3.8) is 0 Å². The first kappa shape index (κ1) is 14.9.